The predicted molar refractivity (Wildman–Crippen MR) is 72.1 cm³/mol. The summed E-state index contributed by atoms with van der Waals surface area (Å²) in [4.78, 5) is 20.3. The van der Waals surface area contributed by atoms with Crippen LogP contribution in [0.15, 0.2) is 0 Å². The van der Waals surface area contributed by atoms with Crippen LogP contribution in [0.4, 0.5) is 0 Å². The quantitative estimate of drug-likeness (QED) is 0.354. The van der Waals surface area contributed by atoms with E-state index in [0.29, 0.717) is 11.0 Å². The Kier molecular flexibility index (Phi) is 8.50. The topological polar surface area (TPSA) is 91.3 Å². The van der Waals surface area contributed by atoms with Crippen molar-refractivity contribution in [2.75, 3.05) is 54.6 Å². The maximum absolute atomic E-state index is 11.6. The number of carbonyl (C=O) groups excluding carboxylic acids is 1. The largest absolute Gasteiger partial charge is 0.472 e. The van der Waals surface area contributed by atoms with E-state index in [-0.39, 0.29) is 19.8 Å². The molecule has 120 valence electrons. The van der Waals surface area contributed by atoms with Gasteiger partial charge in [-0.05, 0) is 0 Å². The first-order chi connectivity index (χ1) is 9.06. The second-order valence-corrected chi connectivity index (χ2v) is 6.75. The summed E-state index contributed by atoms with van der Waals surface area (Å²) in [6.45, 7) is 1.67. The SMILES string of the molecule is COCC(COP(=O)(O)OCC[N+](C)(C)C)OC(C)=O. The molecular weight excluding hydrogens is 289 g/mol. The molecule has 0 rings (SSSR count). The first-order valence-electron chi connectivity index (χ1n) is 6.14. The number of quaternary nitrogens is 1. The van der Waals surface area contributed by atoms with E-state index < -0.39 is 19.9 Å². The fraction of sp³-hybridized carbons (Fsp3) is 0.909. The van der Waals surface area contributed by atoms with E-state index in [4.69, 9.17) is 18.5 Å². The summed E-state index contributed by atoms with van der Waals surface area (Å²) in [5, 5.41) is 0. The van der Waals surface area contributed by atoms with Crippen LogP contribution in [0.2, 0.25) is 0 Å². The Morgan fingerprint density at radius 2 is 1.85 bits per heavy atom. The molecule has 0 fully saturated rings. The molecule has 0 aromatic carbocycles. The van der Waals surface area contributed by atoms with Gasteiger partial charge in [-0.25, -0.2) is 4.57 Å². The molecule has 1 N–H and O–H groups in total. The van der Waals surface area contributed by atoms with E-state index in [1.54, 1.807) is 0 Å². The molecule has 0 radical (unpaired) electrons. The lowest BCUT2D eigenvalue weighted by Crippen LogP contribution is -2.37. The molecule has 2 unspecified atom stereocenters. The van der Waals surface area contributed by atoms with E-state index in [9.17, 15) is 14.3 Å². The van der Waals surface area contributed by atoms with Crippen LogP contribution < -0.4 is 0 Å². The lowest BCUT2D eigenvalue weighted by atomic mass is 10.4. The number of hydrogen-bond donors (Lipinski definition) is 1. The maximum Gasteiger partial charge on any atom is 0.472 e. The van der Waals surface area contributed by atoms with Gasteiger partial charge >= 0.3 is 13.8 Å². The number of phosphoric acid groups is 1. The molecular formula is C11H25NO7P+. The van der Waals surface area contributed by atoms with Crippen LogP contribution in [-0.4, -0.2) is 76.1 Å². The van der Waals surface area contributed by atoms with Gasteiger partial charge in [-0.2, -0.15) is 0 Å². The van der Waals surface area contributed by atoms with Gasteiger partial charge in [-0.3, -0.25) is 13.8 Å². The third-order valence-corrected chi connectivity index (χ3v) is 3.11. The Bertz CT molecular complexity index is 342. The van der Waals surface area contributed by atoms with Gasteiger partial charge in [0.25, 0.3) is 0 Å². The second-order valence-electron chi connectivity index (χ2n) is 5.30. The van der Waals surface area contributed by atoms with Crippen molar-refractivity contribution in [1.29, 1.82) is 0 Å². The normalized spacial score (nSPS) is 16.5. The van der Waals surface area contributed by atoms with Crippen molar-refractivity contribution in [1.82, 2.24) is 0 Å². The summed E-state index contributed by atoms with van der Waals surface area (Å²) < 4.78 is 31.5. The molecule has 0 saturated carbocycles. The van der Waals surface area contributed by atoms with Crippen LogP contribution in [0, 0.1) is 0 Å². The first-order valence-corrected chi connectivity index (χ1v) is 7.64. The Hall–Kier alpha value is -0.500. The number of rotatable bonds is 10. The van der Waals surface area contributed by atoms with Crippen LogP contribution in [0.1, 0.15) is 6.92 Å². The minimum Gasteiger partial charge on any atom is -0.458 e. The molecule has 8 nitrogen and oxygen atoms in total. The van der Waals surface area contributed by atoms with E-state index >= 15 is 0 Å². The van der Waals surface area contributed by atoms with Crippen LogP contribution >= 0.6 is 7.82 Å². The van der Waals surface area contributed by atoms with E-state index in [1.165, 1.54) is 14.0 Å². The number of carbonyl (C=O) groups is 1. The van der Waals surface area contributed by atoms with Gasteiger partial charge in [0.1, 0.15) is 19.3 Å². The summed E-state index contributed by atoms with van der Waals surface area (Å²) >= 11 is 0. The molecule has 0 saturated heterocycles. The molecule has 0 bridgehead atoms. The van der Waals surface area contributed by atoms with Crippen molar-refractivity contribution in [2.45, 2.75) is 13.0 Å². The first kappa shape index (κ1) is 19.5. The minimum absolute atomic E-state index is 0.0679. The fourth-order valence-corrected chi connectivity index (χ4v) is 1.92. The van der Waals surface area contributed by atoms with Crippen molar-refractivity contribution < 1.29 is 37.3 Å². The highest BCUT2D eigenvalue weighted by atomic mass is 31.2. The van der Waals surface area contributed by atoms with Crippen LogP contribution in [-0.2, 0) is 27.9 Å². The highest BCUT2D eigenvalue weighted by Gasteiger charge is 2.25. The van der Waals surface area contributed by atoms with Crippen LogP contribution in [0.25, 0.3) is 0 Å². The molecule has 0 heterocycles. The monoisotopic (exact) mass is 314 g/mol. The standard InChI is InChI=1S/C11H24NO7P/c1-10(13)19-11(8-16-5)9-18-20(14,15)17-7-6-12(2,3)4/h11H,6-9H2,1-5H3/p+1. The lowest BCUT2D eigenvalue weighted by molar-refractivity contribution is -0.870. The van der Waals surface area contributed by atoms with Gasteiger partial charge in [-0.15, -0.1) is 0 Å². The third kappa shape index (κ3) is 11.3. The minimum atomic E-state index is -4.16. The fourth-order valence-electron chi connectivity index (χ4n) is 1.18. The van der Waals surface area contributed by atoms with Crippen LogP contribution in [0.5, 0.6) is 0 Å². The third-order valence-electron chi connectivity index (χ3n) is 2.13. The molecule has 9 heteroatoms. The van der Waals surface area contributed by atoms with Crippen molar-refractivity contribution in [3.63, 3.8) is 0 Å². The maximum atomic E-state index is 11.6. The molecule has 0 aliphatic rings. The van der Waals surface area contributed by atoms with Gasteiger partial charge in [0, 0.05) is 14.0 Å². The average Bonchev–Trinajstić information content (AvgIpc) is 2.23. The van der Waals surface area contributed by atoms with Gasteiger partial charge < -0.3 is 18.9 Å². The van der Waals surface area contributed by atoms with Crippen molar-refractivity contribution in [2.24, 2.45) is 0 Å². The highest BCUT2D eigenvalue weighted by Crippen LogP contribution is 2.43. The zero-order valence-corrected chi connectivity index (χ0v) is 13.6. The number of likely N-dealkylation sites (N-methyl/N-ethyl adjacent to an activating group) is 1. The number of hydrogen-bond acceptors (Lipinski definition) is 6. The molecule has 0 amide bonds. The van der Waals surface area contributed by atoms with Crippen LogP contribution in [0.3, 0.4) is 0 Å². The van der Waals surface area contributed by atoms with E-state index in [1.807, 2.05) is 21.1 Å². The smallest absolute Gasteiger partial charge is 0.458 e. The van der Waals surface area contributed by atoms with Crippen molar-refractivity contribution in [3.05, 3.63) is 0 Å². The number of nitrogens with zero attached hydrogens (tertiary/aromatic N) is 1. The van der Waals surface area contributed by atoms with Gasteiger partial charge in [0.2, 0.25) is 0 Å². The number of ether oxygens (including phenoxy) is 2. The van der Waals surface area contributed by atoms with Gasteiger partial charge in [0.05, 0.1) is 34.4 Å². The van der Waals surface area contributed by atoms with Crippen molar-refractivity contribution >= 4 is 13.8 Å². The zero-order chi connectivity index (χ0) is 15.8. The average molecular weight is 314 g/mol. The summed E-state index contributed by atoms with van der Waals surface area (Å²) in [6.07, 6.45) is -0.750. The number of methoxy groups -OCH3 is 1. The Morgan fingerprint density at radius 3 is 2.30 bits per heavy atom. The van der Waals surface area contributed by atoms with E-state index in [0.717, 1.165) is 0 Å². The molecule has 0 aromatic heterocycles. The van der Waals surface area contributed by atoms with Crippen molar-refractivity contribution in [3.8, 4) is 0 Å². The number of phosphoric ester groups is 1. The Labute approximate surface area is 119 Å². The zero-order valence-electron chi connectivity index (χ0n) is 12.7. The molecule has 2 atom stereocenters. The molecule has 0 aromatic rings. The molecule has 20 heavy (non-hydrogen) atoms. The number of esters is 1. The lowest BCUT2D eigenvalue weighted by Gasteiger charge is -2.24. The molecule has 0 aliphatic heterocycles. The predicted octanol–water partition coefficient (Wildman–Crippen LogP) is 0.404. The van der Waals surface area contributed by atoms with Gasteiger partial charge in [0.15, 0.2) is 0 Å². The Morgan fingerprint density at radius 1 is 1.25 bits per heavy atom. The summed E-state index contributed by atoms with van der Waals surface area (Å²) in [7, 11) is 3.06. The molecule has 0 aliphatic carbocycles. The molecule has 0 spiro atoms. The Balaban J connectivity index is 4.16. The summed E-state index contributed by atoms with van der Waals surface area (Å²) in [5.74, 6) is -0.519. The summed E-state index contributed by atoms with van der Waals surface area (Å²) in [6, 6.07) is 0. The highest BCUT2D eigenvalue weighted by molar-refractivity contribution is 7.47. The van der Waals surface area contributed by atoms with E-state index in [2.05, 4.69) is 0 Å². The summed E-state index contributed by atoms with van der Waals surface area (Å²) in [5.41, 5.74) is 0. The van der Waals surface area contributed by atoms with Gasteiger partial charge in [-0.1, -0.05) is 0 Å². The second kappa shape index (κ2) is 8.71.